The van der Waals surface area contributed by atoms with Crippen molar-refractivity contribution in [3.05, 3.63) is 144 Å². The van der Waals surface area contributed by atoms with Gasteiger partial charge in [-0.15, -0.1) is 10.2 Å². The maximum Gasteiger partial charge on any atom is 0.248 e. The second kappa shape index (κ2) is 16.4. The molecule has 16 nitrogen and oxygen atoms in total. The second-order valence-electron chi connectivity index (χ2n) is 12.7. The van der Waals surface area contributed by atoms with Crippen LogP contribution in [0.4, 0.5) is 58.2 Å². The molecule has 0 radical (unpaired) electrons. The standard InChI is InChI=1S/2C20H20N8/c1-13-7-6-10-16(11-13)25-20-26-19(21)28(27-20)18-12-17(22-14(2)23-18)24-15-8-4-3-5-9-15;1-13-8-10-16(11-9-13)25-20-26-19(21)28(27-20)18-12-17(22-14(2)23-18)24-15-6-4-3-5-7-15/h2*3-12H,1-2H3,(H,22,23,24)(H3,21,25,26,27). The summed E-state index contributed by atoms with van der Waals surface area (Å²) < 4.78 is 2.98. The third-order valence-corrected chi connectivity index (χ3v) is 8.02. The average Bonchev–Trinajstić information content (AvgIpc) is 3.73. The number of anilines is 10. The monoisotopic (exact) mass is 744 g/mol. The molecule has 0 fully saturated rings. The van der Waals surface area contributed by atoms with E-state index in [0.717, 1.165) is 28.3 Å². The van der Waals surface area contributed by atoms with Gasteiger partial charge < -0.3 is 32.7 Å². The molecule has 0 aliphatic rings. The number of hydrogen-bond donors (Lipinski definition) is 6. The van der Waals surface area contributed by atoms with Gasteiger partial charge in [0, 0.05) is 34.9 Å². The molecule has 0 amide bonds. The summed E-state index contributed by atoms with van der Waals surface area (Å²) in [5.74, 6) is 4.83. The first kappa shape index (κ1) is 36.5. The summed E-state index contributed by atoms with van der Waals surface area (Å²) in [7, 11) is 0. The average molecular weight is 745 g/mol. The maximum atomic E-state index is 6.08. The van der Waals surface area contributed by atoms with Crippen LogP contribution < -0.4 is 32.7 Å². The number of nitrogens with two attached hydrogens (primary N) is 2. The first-order valence-corrected chi connectivity index (χ1v) is 17.6. The highest BCUT2D eigenvalue weighted by molar-refractivity contribution is 5.60. The molecule has 0 saturated heterocycles. The number of rotatable bonds is 10. The van der Waals surface area contributed by atoms with E-state index >= 15 is 0 Å². The van der Waals surface area contributed by atoms with Gasteiger partial charge in [0.25, 0.3) is 0 Å². The Morgan fingerprint density at radius 2 is 0.857 bits per heavy atom. The second-order valence-corrected chi connectivity index (χ2v) is 12.7. The Hall–Kier alpha value is -7.88. The molecule has 0 aliphatic heterocycles. The fraction of sp³-hybridized carbons (Fsp3) is 0.100. The topological polar surface area (TPSA) is 213 Å². The SMILES string of the molecule is Cc1ccc(Nc2nc(N)n(-c3cc(Nc4ccccc4)nc(C)n3)n2)cc1.Cc1cccc(Nc2nc(N)n(-c3cc(Nc4ccccc4)nc(C)n3)n2)c1. The predicted molar refractivity (Wildman–Crippen MR) is 221 cm³/mol. The van der Waals surface area contributed by atoms with Crippen LogP contribution in [0.25, 0.3) is 11.6 Å². The number of aryl methyl sites for hydroxylation is 4. The van der Waals surface area contributed by atoms with Crippen LogP contribution in [0.3, 0.4) is 0 Å². The van der Waals surface area contributed by atoms with Gasteiger partial charge in [0.05, 0.1) is 0 Å². The molecule has 16 heteroatoms. The Balaban J connectivity index is 0.000000172. The Bertz CT molecular complexity index is 2550. The molecular weight excluding hydrogens is 705 g/mol. The molecular formula is C40H40N16. The van der Waals surface area contributed by atoms with Crippen molar-refractivity contribution in [2.75, 3.05) is 32.7 Å². The summed E-state index contributed by atoms with van der Waals surface area (Å²) in [6, 6.07) is 39.0. The van der Waals surface area contributed by atoms with E-state index < -0.39 is 0 Å². The quantitative estimate of drug-likeness (QED) is 0.0801. The number of benzene rings is 4. The summed E-state index contributed by atoms with van der Waals surface area (Å²) >= 11 is 0. The van der Waals surface area contributed by atoms with Crippen molar-refractivity contribution in [2.45, 2.75) is 27.7 Å². The summed E-state index contributed by atoms with van der Waals surface area (Å²) in [4.78, 5) is 26.3. The van der Waals surface area contributed by atoms with Crippen LogP contribution in [-0.2, 0) is 0 Å². The van der Waals surface area contributed by atoms with Gasteiger partial charge in [-0.3, -0.25) is 0 Å². The normalized spacial score (nSPS) is 10.6. The minimum absolute atomic E-state index is 0.235. The van der Waals surface area contributed by atoms with E-state index in [0.29, 0.717) is 46.8 Å². The minimum atomic E-state index is 0.235. The Morgan fingerprint density at radius 3 is 1.34 bits per heavy atom. The van der Waals surface area contributed by atoms with Gasteiger partial charge in [-0.05, 0) is 81.8 Å². The highest BCUT2D eigenvalue weighted by Crippen LogP contribution is 2.23. The third-order valence-electron chi connectivity index (χ3n) is 8.02. The first-order valence-electron chi connectivity index (χ1n) is 17.6. The molecule has 4 aromatic heterocycles. The molecule has 4 heterocycles. The van der Waals surface area contributed by atoms with Crippen molar-refractivity contribution >= 4 is 58.2 Å². The van der Waals surface area contributed by atoms with Crippen LogP contribution in [0.1, 0.15) is 22.8 Å². The van der Waals surface area contributed by atoms with Gasteiger partial charge in [0.2, 0.25) is 23.8 Å². The molecule has 280 valence electrons. The number of para-hydroxylation sites is 2. The summed E-state index contributed by atoms with van der Waals surface area (Å²) in [5.41, 5.74) is 18.1. The van der Waals surface area contributed by atoms with Crippen LogP contribution in [0.2, 0.25) is 0 Å². The molecule has 8 N–H and O–H groups in total. The van der Waals surface area contributed by atoms with Gasteiger partial charge >= 0.3 is 0 Å². The van der Waals surface area contributed by atoms with Crippen molar-refractivity contribution < 1.29 is 0 Å². The maximum absolute atomic E-state index is 6.08. The number of hydrogen-bond acceptors (Lipinski definition) is 14. The largest absolute Gasteiger partial charge is 0.368 e. The zero-order valence-corrected chi connectivity index (χ0v) is 31.2. The molecule has 0 atom stereocenters. The fourth-order valence-corrected chi connectivity index (χ4v) is 5.50. The van der Waals surface area contributed by atoms with Crippen LogP contribution in [-0.4, -0.2) is 49.5 Å². The van der Waals surface area contributed by atoms with E-state index in [9.17, 15) is 0 Å². The van der Waals surface area contributed by atoms with E-state index in [1.807, 2.05) is 137 Å². The Kier molecular flexibility index (Phi) is 10.7. The van der Waals surface area contributed by atoms with Crippen LogP contribution in [0.15, 0.2) is 121 Å². The van der Waals surface area contributed by atoms with E-state index in [1.165, 1.54) is 14.9 Å². The lowest BCUT2D eigenvalue weighted by atomic mass is 10.2. The predicted octanol–water partition coefficient (Wildman–Crippen LogP) is 7.49. The van der Waals surface area contributed by atoms with Gasteiger partial charge in [-0.25, -0.2) is 19.9 Å². The van der Waals surface area contributed by atoms with Gasteiger partial charge in [0.15, 0.2) is 11.6 Å². The highest BCUT2D eigenvalue weighted by Gasteiger charge is 2.14. The van der Waals surface area contributed by atoms with Crippen molar-refractivity contribution in [2.24, 2.45) is 0 Å². The molecule has 8 rings (SSSR count). The van der Waals surface area contributed by atoms with Crippen molar-refractivity contribution in [1.82, 2.24) is 49.5 Å². The molecule has 0 spiro atoms. The van der Waals surface area contributed by atoms with E-state index in [2.05, 4.69) is 61.4 Å². The molecule has 0 saturated carbocycles. The molecule has 8 aromatic rings. The van der Waals surface area contributed by atoms with Crippen LogP contribution in [0.5, 0.6) is 0 Å². The van der Waals surface area contributed by atoms with Crippen LogP contribution in [0, 0.1) is 27.7 Å². The third kappa shape index (κ3) is 9.37. The Morgan fingerprint density at radius 1 is 0.411 bits per heavy atom. The molecule has 4 aromatic carbocycles. The van der Waals surface area contributed by atoms with E-state index in [1.54, 1.807) is 12.1 Å². The van der Waals surface area contributed by atoms with Crippen molar-refractivity contribution in [3.8, 4) is 11.6 Å². The Labute approximate surface area is 323 Å². The zero-order valence-electron chi connectivity index (χ0n) is 31.2. The lowest BCUT2D eigenvalue weighted by Gasteiger charge is -2.09. The van der Waals surface area contributed by atoms with E-state index in [4.69, 9.17) is 11.5 Å². The number of nitrogens with one attached hydrogen (secondary N) is 4. The molecule has 0 unspecified atom stereocenters. The van der Waals surface area contributed by atoms with Crippen molar-refractivity contribution in [3.63, 3.8) is 0 Å². The summed E-state index contributed by atoms with van der Waals surface area (Å²) in [5, 5.41) is 21.7. The number of nitrogens with zero attached hydrogens (tertiary/aromatic N) is 10. The molecule has 0 aliphatic carbocycles. The van der Waals surface area contributed by atoms with Gasteiger partial charge in [-0.1, -0.05) is 66.2 Å². The van der Waals surface area contributed by atoms with Crippen LogP contribution >= 0.6 is 0 Å². The summed E-state index contributed by atoms with van der Waals surface area (Å²) in [6.45, 7) is 7.70. The highest BCUT2D eigenvalue weighted by atomic mass is 15.4. The van der Waals surface area contributed by atoms with Gasteiger partial charge in [-0.2, -0.15) is 19.3 Å². The smallest absolute Gasteiger partial charge is 0.248 e. The lowest BCUT2D eigenvalue weighted by Crippen LogP contribution is -2.08. The van der Waals surface area contributed by atoms with E-state index in [-0.39, 0.29) is 11.9 Å². The zero-order chi connectivity index (χ0) is 39.0. The number of aromatic nitrogens is 10. The minimum Gasteiger partial charge on any atom is -0.368 e. The fourth-order valence-electron chi connectivity index (χ4n) is 5.50. The molecule has 56 heavy (non-hydrogen) atoms. The molecule has 0 bridgehead atoms. The van der Waals surface area contributed by atoms with Gasteiger partial charge in [0.1, 0.15) is 23.3 Å². The first-order chi connectivity index (χ1) is 27.1. The van der Waals surface area contributed by atoms with Crippen molar-refractivity contribution in [1.29, 1.82) is 0 Å². The lowest BCUT2D eigenvalue weighted by molar-refractivity contribution is 0.840. The summed E-state index contributed by atoms with van der Waals surface area (Å²) in [6.07, 6.45) is 0. The number of nitrogen functional groups attached to an aromatic ring is 2.